The lowest BCUT2D eigenvalue weighted by atomic mass is 9.87. The predicted molar refractivity (Wildman–Crippen MR) is 110 cm³/mol. The first-order valence-electron chi connectivity index (χ1n) is 9.85. The van der Waals surface area contributed by atoms with Crippen molar-refractivity contribution in [3.05, 3.63) is 74.8 Å². The number of nitro benzene ring substituents is 1. The summed E-state index contributed by atoms with van der Waals surface area (Å²) in [5, 5.41) is 13.8. The molecule has 2 aromatic carbocycles. The van der Waals surface area contributed by atoms with Crippen LogP contribution in [0.1, 0.15) is 25.3 Å². The van der Waals surface area contributed by atoms with Gasteiger partial charge in [0.25, 0.3) is 11.6 Å². The average molecular weight is 424 g/mol. The van der Waals surface area contributed by atoms with Gasteiger partial charge in [0, 0.05) is 25.2 Å². The number of amides is 3. The Morgan fingerprint density at radius 3 is 2.52 bits per heavy atom. The molecule has 10 heteroatoms. The molecule has 10 nitrogen and oxygen atoms in total. The summed E-state index contributed by atoms with van der Waals surface area (Å²) in [4.78, 5) is 49.5. The van der Waals surface area contributed by atoms with Crippen LogP contribution in [0, 0.1) is 10.1 Å². The number of hydrogen-bond acceptors (Lipinski definition) is 6. The maximum absolute atomic E-state index is 13.1. The highest BCUT2D eigenvalue weighted by molar-refractivity contribution is 6.07. The summed E-state index contributed by atoms with van der Waals surface area (Å²) in [6, 6.07) is 12.5. The fourth-order valence-corrected chi connectivity index (χ4v) is 3.95. The smallest absolute Gasteiger partial charge is 0.408 e. The van der Waals surface area contributed by atoms with Crippen molar-refractivity contribution < 1.29 is 18.9 Å². The lowest BCUT2D eigenvalue weighted by Gasteiger charge is -2.25. The van der Waals surface area contributed by atoms with Gasteiger partial charge < -0.3 is 9.73 Å². The van der Waals surface area contributed by atoms with E-state index in [4.69, 9.17) is 4.42 Å². The molecular weight excluding hydrogens is 404 g/mol. The molecule has 0 aliphatic carbocycles. The van der Waals surface area contributed by atoms with Crippen LogP contribution in [0.2, 0.25) is 0 Å². The second kappa shape index (κ2) is 7.71. The molecule has 160 valence electrons. The Bertz CT molecular complexity index is 1230. The number of nitrogens with one attached hydrogen (secondary N) is 1. The molecule has 1 atom stereocenters. The van der Waals surface area contributed by atoms with Crippen LogP contribution in [0.15, 0.2) is 57.7 Å². The summed E-state index contributed by atoms with van der Waals surface area (Å²) in [5.74, 6) is -0.994. The van der Waals surface area contributed by atoms with Crippen LogP contribution in [-0.4, -0.2) is 32.9 Å². The van der Waals surface area contributed by atoms with Gasteiger partial charge in [-0.1, -0.05) is 37.3 Å². The SMILES string of the molecule is CCC1(c2ccccc2)NC(=O)N(CCCn2c(=O)oc3ccc([N+](=O)[O-])cc32)C1=O. The van der Waals surface area contributed by atoms with E-state index in [9.17, 15) is 24.5 Å². The Morgan fingerprint density at radius 2 is 1.84 bits per heavy atom. The van der Waals surface area contributed by atoms with Gasteiger partial charge in [-0.3, -0.25) is 24.4 Å². The molecule has 2 heterocycles. The number of non-ortho nitro benzene ring substituents is 1. The minimum absolute atomic E-state index is 0.0906. The maximum Gasteiger partial charge on any atom is 0.419 e. The first-order valence-corrected chi connectivity index (χ1v) is 9.85. The van der Waals surface area contributed by atoms with E-state index in [1.807, 2.05) is 25.1 Å². The van der Waals surface area contributed by atoms with Gasteiger partial charge in [-0.25, -0.2) is 9.59 Å². The second-order valence-corrected chi connectivity index (χ2v) is 7.29. The summed E-state index contributed by atoms with van der Waals surface area (Å²) >= 11 is 0. The highest BCUT2D eigenvalue weighted by Crippen LogP contribution is 2.32. The number of carbonyl (C=O) groups excluding carboxylic acids is 2. The highest BCUT2D eigenvalue weighted by Gasteiger charge is 2.50. The molecule has 0 spiro atoms. The monoisotopic (exact) mass is 424 g/mol. The molecule has 0 radical (unpaired) electrons. The van der Waals surface area contributed by atoms with Crippen molar-refractivity contribution in [1.29, 1.82) is 0 Å². The summed E-state index contributed by atoms with van der Waals surface area (Å²) in [5.41, 5.74) is -0.0318. The summed E-state index contributed by atoms with van der Waals surface area (Å²) in [6.07, 6.45) is 0.679. The van der Waals surface area contributed by atoms with E-state index in [0.717, 1.165) is 4.90 Å². The fourth-order valence-electron chi connectivity index (χ4n) is 3.95. The van der Waals surface area contributed by atoms with E-state index >= 15 is 0 Å². The zero-order chi connectivity index (χ0) is 22.2. The molecule has 1 fully saturated rings. The third kappa shape index (κ3) is 3.35. The summed E-state index contributed by atoms with van der Waals surface area (Å²) in [6.45, 7) is 2.06. The Hall–Kier alpha value is -3.95. The van der Waals surface area contributed by atoms with E-state index in [0.29, 0.717) is 17.5 Å². The molecule has 4 rings (SSSR count). The molecule has 1 aliphatic rings. The van der Waals surface area contributed by atoms with Crippen LogP contribution >= 0.6 is 0 Å². The zero-order valence-corrected chi connectivity index (χ0v) is 16.7. The molecule has 0 bridgehead atoms. The number of fused-ring (bicyclic) bond motifs is 1. The second-order valence-electron chi connectivity index (χ2n) is 7.29. The molecule has 1 aromatic heterocycles. The van der Waals surface area contributed by atoms with Crippen LogP contribution in [0.4, 0.5) is 10.5 Å². The van der Waals surface area contributed by atoms with Gasteiger partial charge in [0.05, 0.1) is 10.4 Å². The third-order valence-electron chi connectivity index (χ3n) is 5.60. The Morgan fingerprint density at radius 1 is 1.10 bits per heavy atom. The number of nitro groups is 1. The summed E-state index contributed by atoms with van der Waals surface area (Å²) < 4.78 is 6.40. The maximum atomic E-state index is 13.1. The third-order valence-corrected chi connectivity index (χ3v) is 5.60. The number of aromatic nitrogens is 1. The average Bonchev–Trinajstić information content (AvgIpc) is 3.22. The number of imide groups is 1. The number of hydrogen-bond donors (Lipinski definition) is 1. The first-order chi connectivity index (χ1) is 14.9. The highest BCUT2D eigenvalue weighted by atomic mass is 16.6. The molecule has 31 heavy (non-hydrogen) atoms. The lowest BCUT2D eigenvalue weighted by Crippen LogP contribution is -2.43. The van der Waals surface area contributed by atoms with E-state index in [1.54, 1.807) is 12.1 Å². The number of oxazole rings is 1. The van der Waals surface area contributed by atoms with Gasteiger partial charge in [0.2, 0.25) is 0 Å². The van der Waals surface area contributed by atoms with Crippen LogP contribution in [-0.2, 0) is 16.9 Å². The van der Waals surface area contributed by atoms with Crippen LogP contribution in [0.25, 0.3) is 11.1 Å². The molecule has 1 saturated heterocycles. The number of carbonyl (C=O) groups is 2. The van der Waals surface area contributed by atoms with Crippen molar-refractivity contribution in [3.63, 3.8) is 0 Å². The largest absolute Gasteiger partial charge is 0.419 e. The number of benzene rings is 2. The van der Waals surface area contributed by atoms with Crippen molar-refractivity contribution in [1.82, 2.24) is 14.8 Å². The van der Waals surface area contributed by atoms with Gasteiger partial charge in [-0.05, 0) is 24.5 Å². The normalized spacial score (nSPS) is 18.5. The molecular formula is C21H20N4O6. The molecule has 1 unspecified atom stereocenters. The van der Waals surface area contributed by atoms with Gasteiger partial charge in [-0.15, -0.1) is 0 Å². The lowest BCUT2D eigenvalue weighted by molar-refractivity contribution is -0.384. The first kappa shape index (κ1) is 20.3. The van der Waals surface area contributed by atoms with Gasteiger partial charge in [0.15, 0.2) is 5.58 Å². The number of urea groups is 1. The number of aryl methyl sites for hydroxylation is 1. The van der Waals surface area contributed by atoms with Gasteiger partial charge in [0.1, 0.15) is 5.54 Å². The summed E-state index contributed by atoms with van der Waals surface area (Å²) in [7, 11) is 0. The molecule has 3 aromatic rings. The quantitative estimate of drug-likeness (QED) is 0.353. The number of nitrogens with zero attached hydrogens (tertiary/aromatic N) is 3. The van der Waals surface area contributed by atoms with Crippen LogP contribution in [0.3, 0.4) is 0 Å². The Balaban J connectivity index is 1.53. The van der Waals surface area contributed by atoms with E-state index < -0.39 is 22.2 Å². The van der Waals surface area contributed by atoms with Gasteiger partial charge in [-0.2, -0.15) is 0 Å². The van der Waals surface area contributed by atoms with Gasteiger partial charge >= 0.3 is 11.8 Å². The molecule has 3 amide bonds. The van der Waals surface area contributed by atoms with Crippen molar-refractivity contribution >= 4 is 28.7 Å². The number of rotatable bonds is 7. The standard InChI is InChI=1S/C21H20N4O6/c1-2-21(14-7-4-3-5-8-14)18(26)24(19(27)22-21)12-6-11-23-16-13-15(25(29)30)9-10-17(16)31-20(23)28/h3-5,7-10,13H,2,6,11-12H2,1H3,(H,22,27). The van der Waals surface area contributed by atoms with E-state index in [1.165, 1.54) is 22.8 Å². The van der Waals surface area contributed by atoms with Crippen molar-refractivity contribution in [2.45, 2.75) is 31.8 Å². The molecule has 1 N–H and O–H groups in total. The van der Waals surface area contributed by atoms with Crippen LogP contribution in [0.5, 0.6) is 0 Å². The van der Waals surface area contributed by atoms with Crippen molar-refractivity contribution in [2.24, 2.45) is 0 Å². The minimum Gasteiger partial charge on any atom is -0.408 e. The predicted octanol–water partition coefficient (Wildman–Crippen LogP) is 2.75. The molecule has 0 saturated carbocycles. The van der Waals surface area contributed by atoms with Crippen molar-refractivity contribution in [2.75, 3.05) is 6.54 Å². The topological polar surface area (TPSA) is 128 Å². The molecule has 1 aliphatic heterocycles. The fraction of sp³-hybridized carbons (Fsp3) is 0.286. The minimum atomic E-state index is -1.11. The van der Waals surface area contributed by atoms with Crippen LogP contribution < -0.4 is 11.1 Å². The van der Waals surface area contributed by atoms with E-state index in [-0.39, 0.29) is 36.7 Å². The Kier molecular flexibility index (Phi) is 5.05. The van der Waals surface area contributed by atoms with E-state index in [2.05, 4.69) is 5.32 Å². The Labute approximate surface area is 176 Å². The van der Waals surface area contributed by atoms with Crippen molar-refractivity contribution in [3.8, 4) is 0 Å². The zero-order valence-electron chi connectivity index (χ0n) is 16.7.